The van der Waals surface area contributed by atoms with E-state index in [1.54, 1.807) is 24.5 Å². The molecule has 17 nitrogen and oxygen atoms in total. The summed E-state index contributed by atoms with van der Waals surface area (Å²) in [5, 5.41) is 12.5. The van der Waals surface area contributed by atoms with Crippen LogP contribution in [0.25, 0.3) is 0 Å². The van der Waals surface area contributed by atoms with Crippen LogP contribution in [0.4, 0.5) is 26.2 Å². The summed E-state index contributed by atoms with van der Waals surface area (Å²) in [6.07, 6.45) is 7.44. The summed E-state index contributed by atoms with van der Waals surface area (Å²) in [6, 6.07) is 14.2. The molecule has 4 aliphatic rings. The van der Waals surface area contributed by atoms with Gasteiger partial charge in [0.25, 0.3) is 0 Å². The fourth-order valence-corrected chi connectivity index (χ4v) is 9.58. The molecule has 3 N–H and O–H groups in total. The molecule has 0 radical (unpaired) electrons. The van der Waals surface area contributed by atoms with Crippen molar-refractivity contribution >= 4 is 63.9 Å². The second-order valence-electron chi connectivity index (χ2n) is 16.7. The first-order chi connectivity index (χ1) is 31.2. The first-order valence-electron chi connectivity index (χ1n) is 21.5. The molecule has 3 aromatic carbocycles. The van der Waals surface area contributed by atoms with Crippen molar-refractivity contribution in [1.29, 1.82) is 5.26 Å². The predicted octanol–water partition coefficient (Wildman–Crippen LogP) is 6.28. The number of carbonyl (C=O) groups is 3. The molecule has 1 unspecified atom stereocenters. The molecule has 7 rings (SSSR count). The standard InChI is InChI=1S/C45H54FN9O8S2/c1-5-49-64-51-40-11-9-38(46)43(37(40)25-47)62-35-7-10-39(32(22-35)27-56)48-29-52(3)34-24-45(61-28-34)15-20-54(21-16-45)42(57)26-53-17-13-31(14-18-53)36-8-6-33(23-41(36)63-65(4,59)60)55-19-12-30(2)50-44(55)58/h6-11,22-23,27,29,31,34,49,51H,2,5,12-21,24,26,28H2,1,3-4H3,(H,50,58). The number of benzene rings is 3. The third-order valence-electron chi connectivity index (χ3n) is 12.2. The SMILES string of the molecule is C=C1CCN(c2ccc(C3CCN(CC(=O)N4CCC5(CC4)CC(N(C)C=Nc4ccc(Oc6c(F)ccc(NSNCC)c6C#N)cc4C=O)CO5)CC3)c(OS(C)(=O)=O)c2)C(=O)N1. The number of rotatable bonds is 16. The number of nitriles is 1. The van der Waals surface area contributed by atoms with Gasteiger partial charge in [0.15, 0.2) is 17.9 Å². The molecule has 65 heavy (non-hydrogen) atoms. The minimum absolute atomic E-state index is 0.0103. The first kappa shape index (κ1) is 47.2. The highest BCUT2D eigenvalue weighted by Gasteiger charge is 2.44. The number of nitrogens with zero attached hydrogens (tertiary/aromatic N) is 6. The van der Waals surface area contributed by atoms with Crippen LogP contribution in [0.2, 0.25) is 0 Å². The van der Waals surface area contributed by atoms with Gasteiger partial charge in [-0.2, -0.15) is 13.7 Å². The van der Waals surface area contributed by atoms with E-state index in [2.05, 4.69) is 31.2 Å². The van der Waals surface area contributed by atoms with Crippen LogP contribution in [0.1, 0.15) is 72.9 Å². The Morgan fingerprint density at radius 2 is 1.92 bits per heavy atom. The van der Waals surface area contributed by atoms with Crippen molar-refractivity contribution in [2.75, 3.05) is 75.3 Å². The molecule has 0 aromatic heterocycles. The molecule has 1 atom stereocenters. The van der Waals surface area contributed by atoms with Crippen LogP contribution in [-0.2, 0) is 19.6 Å². The molecule has 0 aliphatic carbocycles. The second kappa shape index (κ2) is 20.6. The van der Waals surface area contributed by atoms with Gasteiger partial charge in [-0.25, -0.2) is 18.9 Å². The number of anilines is 2. The van der Waals surface area contributed by atoms with E-state index in [1.165, 1.54) is 23.1 Å². The van der Waals surface area contributed by atoms with Gasteiger partial charge < -0.3 is 33.5 Å². The number of hydrogen-bond donors (Lipinski definition) is 3. The molecule has 1 spiro atoms. The number of halogens is 1. The maximum atomic E-state index is 14.9. The third kappa shape index (κ3) is 11.6. The van der Waals surface area contributed by atoms with E-state index >= 15 is 0 Å². The summed E-state index contributed by atoms with van der Waals surface area (Å²) in [5.41, 5.74) is 2.52. The van der Waals surface area contributed by atoms with E-state index in [9.17, 15) is 32.5 Å². The molecule has 0 saturated carbocycles. The smallest absolute Gasteiger partial charge is 0.326 e. The number of aliphatic imine (C=N–C) groups is 1. The average Bonchev–Trinajstić information content (AvgIpc) is 3.70. The van der Waals surface area contributed by atoms with Crippen LogP contribution >= 0.6 is 12.1 Å². The fraction of sp³-hybridized carbons (Fsp3) is 0.444. The maximum Gasteiger partial charge on any atom is 0.326 e. The van der Waals surface area contributed by atoms with Crippen molar-refractivity contribution in [3.63, 3.8) is 0 Å². The number of likely N-dealkylation sites (tertiary alicyclic amines) is 2. The fourth-order valence-electron chi connectivity index (χ4n) is 8.62. The van der Waals surface area contributed by atoms with E-state index < -0.39 is 15.9 Å². The Morgan fingerprint density at radius 3 is 2.62 bits per heavy atom. The Hall–Kier alpha value is -5.72. The molecule has 3 aromatic rings. The number of piperidine rings is 2. The summed E-state index contributed by atoms with van der Waals surface area (Å²) in [5.74, 6) is -0.534. The van der Waals surface area contributed by atoms with E-state index in [0.717, 1.165) is 30.4 Å². The van der Waals surface area contributed by atoms with Gasteiger partial charge in [-0.3, -0.25) is 19.4 Å². The molecule has 4 fully saturated rings. The monoisotopic (exact) mass is 931 g/mol. The third-order valence-corrected chi connectivity index (χ3v) is 13.5. The highest BCUT2D eigenvalue weighted by molar-refractivity contribution is 7.98. The molecule has 3 amide bonds. The van der Waals surface area contributed by atoms with Gasteiger partial charge in [0.2, 0.25) is 5.91 Å². The summed E-state index contributed by atoms with van der Waals surface area (Å²) >= 11 is 1.16. The quantitative estimate of drug-likeness (QED) is 0.0362. The number of amides is 3. The first-order valence-corrected chi connectivity index (χ1v) is 24.2. The van der Waals surface area contributed by atoms with Gasteiger partial charge in [0, 0.05) is 74.8 Å². The number of urea groups is 1. The van der Waals surface area contributed by atoms with Crippen molar-refractivity contribution in [2.45, 2.75) is 63.0 Å². The number of likely N-dealkylation sites (N-methyl/N-ethyl adjacent to an activating group) is 1. The van der Waals surface area contributed by atoms with Crippen LogP contribution in [0.15, 0.2) is 65.8 Å². The summed E-state index contributed by atoms with van der Waals surface area (Å²) < 4.78 is 63.0. The van der Waals surface area contributed by atoms with E-state index in [0.29, 0.717) is 107 Å². The Kier molecular flexibility index (Phi) is 15.0. The van der Waals surface area contributed by atoms with E-state index in [4.69, 9.17) is 13.7 Å². The number of aldehydes is 1. The predicted molar refractivity (Wildman–Crippen MR) is 247 cm³/mol. The van der Waals surface area contributed by atoms with Crippen molar-refractivity contribution < 1.29 is 40.8 Å². The molecule has 20 heteroatoms. The van der Waals surface area contributed by atoms with Crippen LogP contribution in [0.5, 0.6) is 17.2 Å². The van der Waals surface area contributed by atoms with Gasteiger partial charge in [-0.15, -0.1) is 0 Å². The van der Waals surface area contributed by atoms with Gasteiger partial charge in [0.05, 0.1) is 48.8 Å². The van der Waals surface area contributed by atoms with Crippen LogP contribution in [-0.4, -0.2) is 125 Å². The highest BCUT2D eigenvalue weighted by Crippen LogP contribution is 2.40. The van der Waals surface area contributed by atoms with Gasteiger partial charge >= 0.3 is 16.1 Å². The summed E-state index contributed by atoms with van der Waals surface area (Å²) in [4.78, 5) is 50.4. The number of carbonyl (C=O) groups excluding carboxylic acids is 3. The molecular weight excluding hydrogens is 878 g/mol. The lowest BCUT2D eigenvalue weighted by atomic mass is 9.87. The lowest BCUT2D eigenvalue weighted by Gasteiger charge is -2.40. The summed E-state index contributed by atoms with van der Waals surface area (Å²) in [7, 11) is -1.93. The molecule has 0 bridgehead atoms. The zero-order chi connectivity index (χ0) is 46.3. The van der Waals surface area contributed by atoms with Gasteiger partial charge in [0.1, 0.15) is 23.1 Å². The van der Waals surface area contributed by atoms with Gasteiger partial charge in [-0.05, 0) is 93.1 Å². The highest BCUT2D eigenvalue weighted by atomic mass is 32.2. The van der Waals surface area contributed by atoms with E-state index in [-0.39, 0.29) is 64.4 Å². The van der Waals surface area contributed by atoms with Gasteiger partial charge in [-0.1, -0.05) is 19.6 Å². The van der Waals surface area contributed by atoms with Crippen molar-refractivity contribution in [1.82, 2.24) is 24.7 Å². The van der Waals surface area contributed by atoms with Crippen molar-refractivity contribution in [2.24, 2.45) is 4.99 Å². The lowest BCUT2D eigenvalue weighted by molar-refractivity contribution is -0.137. The number of nitrogens with one attached hydrogen (secondary N) is 3. The van der Waals surface area contributed by atoms with Crippen LogP contribution < -0.4 is 28.6 Å². The Balaban J connectivity index is 0.887. The Labute approximate surface area is 383 Å². The molecule has 4 aliphatic heterocycles. The zero-order valence-electron chi connectivity index (χ0n) is 36.7. The van der Waals surface area contributed by atoms with Crippen LogP contribution in [0, 0.1) is 17.1 Å². The van der Waals surface area contributed by atoms with Crippen LogP contribution in [0.3, 0.4) is 0 Å². The normalized spacial score (nSPS) is 19.3. The molecular formula is C45H54FN9O8S2. The minimum atomic E-state index is -3.84. The molecule has 346 valence electrons. The summed E-state index contributed by atoms with van der Waals surface area (Å²) in [6.45, 7) is 10.1. The lowest BCUT2D eigenvalue weighted by Crippen LogP contribution is -2.50. The Morgan fingerprint density at radius 1 is 1.15 bits per heavy atom. The Bertz CT molecular complexity index is 2470. The number of hydrogen-bond acceptors (Lipinski definition) is 14. The van der Waals surface area contributed by atoms with Crippen molar-refractivity contribution in [3.05, 3.63) is 83.3 Å². The minimum Gasteiger partial charge on any atom is -0.453 e. The average molecular weight is 932 g/mol. The second-order valence-corrected chi connectivity index (χ2v) is 19.0. The topological polar surface area (TPSA) is 198 Å². The largest absolute Gasteiger partial charge is 0.453 e. The molecule has 4 saturated heterocycles. The van der Waals surface area contributed by atoms with E-state index in [1.807, 2.05) is 42.0 Å². The molecule has 4 heterocycles. The number of ether oxygens (including phenoxy) is 2. The maximum absolute atomic E-state index is 14.9. The van der Waals surface area contributed by atoms with Crippen molar-refractivity contribution in [3.8, 4) is 23.3 Å². The zero-order valence-corrected chi connectivity index (χ0v) is 38.3.